The molecule has 138 valence electrons. The third kappa shape index (κ3) is 4.80. The van der Waals surface area contributed by atoms with E-state index in [0.29, 0.717) is 6.42 Å². The average molecular weight is 385 g/mol. The second-order valence-corrected chi connectivity index (χ2v) is 12.1. The highest BCUT2D eigenvalue weighted by atomic mass is 35.5. The molecule has 1 atom stereocenters. The van der Waals surface area contributed by atoms with Crippen LogP contribution in [0.4, 0.5) is 0 Å². The summed E-state index contributed by atoms with van der Waals surface area (Å²) >= 11 is 6.23. The number of halogens is 1. The van der Waals surface area contributed by atoms with Gasteiger partial charge in [0.15, 0.2) is 0 Å². The number of terminal acetylenes is 1. The summed E-state index contributed by atoms with van der Waals surface area (Å²) in [6.07, 6.45) is 9.91. The predicted molar refractivity (Wildman–Crippen MR) is 116 cm³/mol. The van der Waals surface area contributed by atoms with Gasteiger partial charge in [0.2, 0.25) is 0 Å². The Kier molecular flexibility index (Phi) is 7.52. The van der Waals surface area contributed by atoms with Gasteiger partial charge in [-0.1, -0.05) is 87.4 Å². The van der Waals surface area contributed by atoms with Gasteiger partial charge in [0.05, 0.1) is 0 Å². The Morgan fingerprint density at radius 1 is 1.00 bits per heavy atom. The van der Waals surface area contributed by atoms with Crippen molar-refractivity contribution in [2.45, 2.75) is 56.4 Å². The normalized spacial score (nSPS) is 13.2. The molecule has 0 aromatic heterocycles. The summed E-state index contributed by atoms with van der Waals surface area (Å²) in [6.45, 7) is 4.41. The number of hydrogen-bond acceptors (Lipinski definition) is 1. The third-order valence-corrected chi connectivity index (χ3v) is 10.2. The minimum Gasteiger partial charge on any atom is -0.424 e. The number of benzene rings is 2. The molecule has 0 fully saturated rings. The molecule has 1 N–H and O–H groups in total. The molecular weight excluding hydrogens is 356 g/mol. The minimum absolute atomic E-state index is 0.0579. The maximum Gasteiger partial charge on any atom is 0.258 e. The first-order valence-electron chi connectivity index (χ1n) is 9.33. The highest BCUT2D eigenvalue weighted by Crippen LogP contribution is 2.40. The fourth-order valence-electron chi connectivity index (χ4n) is 3.65. The Morgan fingerprint density at radius 2 is 1.50 bits per heavy atom. The summed E-state index contributed by atoms with van der Waals surface area (Å²) in [5.74, 6) is 2.63. The second-order valence-electron chi connectivity index (χ2n) is 7.58. The molecule has 0 amide bonds. The van der Waals surface area contributed by atoms with Gasteiger partial charge in [-0.05, 0) is 28.3 Å². The van der Waals surface area contributed by atoms with E-state index in [9.17, 15) is 4.80 Å². The number of alkyl halides is 1. The van der Waals surface area contributed by atoms with E-state index < -0.39 is 8.32 Å². The van der Waals surface area contributed by atoms with Crippen LogP contribution in [0.2, 0.25) is 5.04 Å². The molecular formula is C23H29ClOSi. The van der Waals surface area contributed by atoms with Gasteiger partial charge in [0, 0.05) is 11.8 Å². The van der Waals surface area contributed by atoms with Gasteiger partial charge >= 0.3 is 0 Å². The second kappa shape index (κ2) is 9.42. The first-order valence-corrected chi connectivity index (χ1v) is 11.7. The molecule has 0 heterocycles. The van der Waals surface area contributed by atoms with Gasteiger partial charge in [-0.2, -0.15) is 0 Å². The molecule has 0 aliphatic rings. The van der Waals surface area contributed by atoms with E-state index in [0.717, 1.165) is 36.1 Å². The predicted octanol–water partition coefficient (Wildman–Crippen LogP) is 4.71. The Bertz CT molecular complexity index is 666. The molecule has 2 aromatic carbocycles. The van der Waals surface area contributed by atoms with Crippen LogP contribution >= 0.6 is 11.6 Å². The van der Waals surface area contributed by atoms with Crippen LogP contribution in [0.15, 0.2) is 60.7 Å². The van der Waals surface area contributed by atoms with Gasteiger partial charge in [-0.25, -0.2) is 0 Å². The summed E-state index contributed by atoms with van der Waals surface area (Å²) in [5.41, 5.74) is 0. The fraction of sp³-hybridized carbons (Fsp3) is 0.391. The SMILES string of the molecule is C#CC[C@H](Cl)CCCCC(C)(C)[Si](O)(c1ccccc1)c1ccccc1. The zero-order chi connectivity index (χ0) is 19.0. The van der Waals surface area contributed by atoms with Crippen LogP contribution in [0.5, 0.6) is 0 Å². The maximum absolute atomic E-state index is 12.1. The number of unbranched alkanes of at least 4 members (excludes halogenated alkanes) is 1. The van der Waals surface area contributed by atoms with E-state index in [-0.39, 0.29) is 10.4 Å². The van der Waals surface area contributed by atoms with Gasteiger partial charge in [-0.3, -0.25) is 0 Å². The average Bonchev–Trinajstić information content (AvgIpc) is 2.66. The highest BCUT2D eigenvalue weighted by molar-refractivity contribution is 6.98. The molecule has 0 radical (unpaired) electrons. The lowest BCUT2D eigenvalue weighted by atomic mass is 10.0. The molecule has 3 heteroatoms. The molecule has 0 saturated carbocycles. The Hall–Kier alpha value is -1.53. The van der Waals surface area contributed by atoms with E-state index in [1.54, 1.807) is 0 Å². The van der Waals surface area contributed by atoms with Crippen molar-refractivity contribution >= 4 is 30.3 Å². The Labute approximate surface area is 164 Å². The van der Waals surface area contributed by atoms with Crippen LogP contribution in [0.25, 0.3) is 0 Å². The van der Waals surface area contributed by atoms with Crippen molar-refractivity contribution in [1.82, 2.24) is 0 Å². The molecule has 2 rings (SSSR count). The van der Waals surface area contributed by atoms with Crippen LogP contribution in [-0.4, -0.2) is 18.5 Å². The van der Waals surface area contributed by atoms with Crippen LogP contribution in [0.1, 0.15) is 46.0 Å². The summed E-state index contributed by atoms with van der Waals surface area (Å²) in [4.78, 5) is 12.1. The summed E-state index contributed by atoms with van der Waals surface area (Å²) in [6, 6.07) is 20.4. The number of hydrogen-bond donors (Lipinski definition) is 1. The van der Waals surface area contributed by atoms with E-state index in [2.05, 4.69) is 44.0 Å². The van der Waals surface area contributed by atoms with Crippen LogP contribution in [0.3, 0.4) is 0 Å². The lowest BCUT2D eigenvalue weighted by Crippen LogP contribution is -2.65. The topological polar surface area (TPSA) is 20.2 Å². The molecule has 0 saturated heterocycles. The van der Waals surface area contributed by atoms with Crippen molar-refractivity contribution in [3.05, 3.63) is 60.7 Å². The fourth-order valence-corrected chi connectivity index (χ4v) is 7.68. The lowest BCUT2D eigenvalue weighted by Gasteiger charge is -2.41. The third-order valence-electron chi connectivity index (χ3n) is 5.27. The zero-order valence-corrected chi connectivity index (χ0v) is 17.5. The summed E-state index contributed by atoms with van der Waals surface area (Å²) in [7, 11) is -2.89. The summed E-state index contributed by atoms with van der Waals surface area (Å²) < 4.78 is 0. The minimum atomic E-state index is -2.89. The van der Waals surface area contributed by atoms with Gasteiger partial charge in [0.25, 0.3) is 8.32 Å². The van der Waals surface area contributed by atoms with E-state index in [1.165, 1.54) is 0 Å². The van der Waals surface area contributed by atoms with Gasteiger partial charge in [0.1, 0.15) is 0 Å². The molecule has 2 aromatic rings. The zero-order valence-electron chi connectivity index (χ0n) is 15.8. The molecule has 0 bridgehead atoms. The van der Waals surface area contributed by atoms with Crippen LogP contribution in [0, 0.1) is 12.3 Å². The summed E-state index contributed by atoms with van der Waals surface area (Å²) in [5, 5.41) is 2.00. The first-order chi connectivity index (χ1) is 12.4. The molecule has 26 heavy (non-hydrogen) atoms. The Morgan fingerprint density at radius 3 is 1.96 bits per heavy atom. The van der Waals surface area contributed by atoms with Gasteiger partial charge in [-0.15, -0.1) is 23.9 Å². The lowest BCUT2D eigenvalue weighted by molar-refractivity contribution is 0.448. The monoisotopic (exact) mass is 384 g/mol. The molecule has 1 nitrogen and oxygen atoms in total. The standard InChI is InChI=1S/C23H29ClOSi/c1-4-13-20(24)14-11-12-19-23(2,3)26(25,21-15-7-5-8-16-21)22-17-9-6-10-18-22/h1,5-10,15-18,20,25H,11-14,19H2,2-3H3/t20-/m0/s1. The van der Waals surface area contributed by atoms with E-state index >= 15 is 0 Å². The smallest absolute Gasteiger partial charge is 0.258 e. The maximum atomic E-state index is 12.1. The van der Waals surface area contributed by atoms with E-state index in [1.807, 2.05) is 36.4 Å². The number of rotatable bonds is 9. The Balaban J connectivity index is 2.21. The first kappa shape index (κ1) is 20.8. The largest absolute Gasteiger partial charge is 0.424 e. The van der Waals surface area contributed by atoms with Crippen molar-refractivity contribution in [3.8, 4) is 12.3 Å². The van der Waals surface area contributed by atoms with Crippen LogP contribution in [-0.2, 0) is 0 Å². The quantitative estimate of drug-likeness (QED) is 0.287. The van der Waals surface area contributed by atoms with Crippen LogP contribution < -0.4 is 10.4 Å². The molecule has 0 unspecified atom stereocenters. The van der Waals surface area contributed by atoms with Gasteiger partial charge < -0.3 is 4.80 Å². The van der Waals surface area contributed by atoms with Crippen molar-refractivity contribution in [2.24, 2.45) is 0 Å². The highest BCUT2D eigenvalue weighted by Gasteiger charge is 2.49. The molecule has 0 aliphatic heterocycles. The van der Waals surface area contributed by atoms with Crippen molar-refractivity contribution in [1.29, 1.82) is 0 Å². The van der Waals surface area contributed by atoms with E-state index in [4.69, 9.17) is 18.0 Å². The molecule has 0 spiro atoms. The molecule has 0 aliphatic carbocycles. The van der Waals surface area contributed by atoms with Crippen molar-refractivity contribution in [3.63, 3.8) is 0 Å². The van der Waals surface area contributed by atoms with Crippen molar-refractivity contribution < 1.29 is 4.80 Å². The van der Waals surface area contributed by atoms with Crippen molar-refractivity contribution in [2.75, 3.05) is 0 Å².